The minimum absolute atomic E-state index is 0.106. The Balaban J connectivity index is 2.02. The van der Waals surface area contributed by atoms with Gasteiger partial charge >= 0.3 is 0 Å². The van der Waals surface area contributed by atoms with Crippen LogP contribution in [-0.2, 0) is 6.54 Å². The molecule has 0 heterocycles. The van der Waals surface area contributed by atoms with Gasteiger partial charge in [0.1, 0.15) is 5.75 Å². The van der Waals surface area contributed by atoms with E-state index in [1.165, 1.54) is 18.2 Å². The Labute approximate surface area is 127 Å². The average Bonchev–Trinajstić information content (AvgIpc) is 2.53. The quantitative estimate of drug-likeness (QED) is 0.657. The van der Waals surface area contributed by atoms with Crippen molar-refractivity contribution in [1.82, 2.24) is 5.32 Å². The normalized spacial score (nSPS) is 10.0. The molecule has 1 amide bonds. The van der Waals surface area contributed by atoms with E-state index >= 15 is 0 Å². The van der Waals surface area contributed by atoms with E-state index in [0.717, 1.165) is 11.3 Å². The number of hydrogen-bond donors (Lipinski definition) is 1. The molecule has 2 aromatic carbocycles. The fourth-order valence-corrected chi connectivity index (χ4v) is 1.96. The molecule has 0 spiro atoms. The van der Waals surface area contributed by atoms with Gasteiger partial charge in [0.05, 0.1) is 11.5 Å². The second-order valence-electron chi connectivity index (χ2n) is 4.57. The topological polar surface area (TPSA) is 81.5 Å². The number of benzene rings is 2. The Morgan fingerprint density at radius 2 is 2.00 bits per heavy atom. The van der Waals surface area contributed by atoms with Gasteiger partial charge in [-0.1, -0.05) is 18.2 Å². The highest BCUT2D eigenvalue weighted by atomic mass is 16.6. The average molecular weight is 300 g/mol. The first kappa shape index (κ1) is 15.5. The predicted octanol–water partition coefficient (Wildman–Crippen LogP) is 2.92. The first-order valence-electron chi connectivity index (χ1n) is 6.84. The molecule has 22 heavy (non-hydrogen) atoms. The zero-order valence-electron chi connectivity index (χ0n) is 12.1. The second kappa shape index (κ2) is 7.21. The zero-order chi connectivity index (χ0) is 15.9. The molecule has 6 heteroatoms. The lowest BCUT2D eigenvalue weighted by Crippen LogP contribution is -2.22. The summed E-state index contributed by atoms with van der Waals surface area (Å²) < 4.78 is 5.39. The first-order chi connectivity index (χ1) is 10.6. The van der Waals surface area contributed by atoms with Crippen LogP contribution in [0.3, 0.4) is 0 Å². The molecule has 114 valence electrons. The van der Waals surface area contributed by atoms with Gasteiger partial charge in [-0.05, 0) is 30.7 Å². The Hall–Kier alpha value is -2.89. The maximum atomic E-state index is 12.0. The van der Waals surface area contributed by atoms with Gasteiger partial charge in [0.15, 0.2) is 0 Å². The van der Waals surface area contributed by atoms with Gasteiger partial charge in [-0.15, -0.1) is 0 Å². The monoisotopic (exact) mass is 300 g/mol. The molecular weight excluding hydrogens is 284 g/mol. The molecule has 0 radical (unpaired) electrons. The summed E-state index contributed by atoms with van der Waals surface area (Å²) in [4.78, 5) is 22.2. The maximum Gasteiger partial charge on any atom is 0.270 e. The highest BCUT2D eigenvalue weighted by molar-refractivity contribution is 5.94. The third kappa shape index (κ3) is 4.05. The smallest absolute Gasteiger partial charge is 0.270 e. The van der Waals surface area contributed by atoms with E-state index in [-0.39, 0.29) is 17.2 Å². The fraction of sp³-hybridized carbons (Fsp3) is 0.188. The van der Waals surface area contributed by atoms with Crippen LogP contribution in [0.5, 0.6) is 5.75 Å². The predicted molar refractivity (Wildman–Crippen MR) is 81.9 cm³/mol. The summed E-state index contributed by atoms with van der Waals surface area (Å²) in [6.07, 6.45) is 0. The minimum Gasteiger partial charge on any atom is -0.494 e. The van der Waals surface area contributed by atoms with E-state index in [2.05, 4.69) is 5.32 Å². The van der Waals surface area contributed by atoms with Crippen LogP contribution in [0.1, 0.15) is 22.8 Å². The van der Waals surface area contributed by atoms with Gasteiger partial charge < -0.3 is 10.1 Å². The van der Waals surface area contributed by atoms with Crippen molar-refractivity contribution in [1.29, 1.82) is 0 Å². The van der Waals surface area contributed by atoms with Crippen molar-refractivity contribution in [2.24, 2.45) is 0 Å². The molecule has 0 aromatic heterocycles. The van der Waals surface area contributed by atoms with Crippen molar-refractivity contribution >= 4 is 11.6 Å². The van der Waals surface area contributed by atoms with Gasteiger partial charge in [-0.3, -0.25) is 14.9 Å². The molecule has 1 N–H and O–H groups in total. The summed E-state index contributed by atoms with van der Waals surface area (Å²) in [6.45, 7) is 2.79. The SMILES string of the molecule is CCOc1cccc(CNC(=O)c2cccc([N+](=O)[O-])c2)c1. The van der Waals surface area contributed by atoms with Crippen molar-refractivity contribution < 1.29 is 14.5 Å². The number of nitro groups is 1. The number of carbonyl (C=O) groups excluding carboxylic acids is 1. The largest absolute Gasteiger partial charge is 0.494 e. The van der Waals surface area contributed by atoms with Crippen molar-refractivity contribution in [2.45, 2.75) is 13.5 Å². The van der Waals surface area contributed by atoms with Gasteiger partial charge in [0.2, 0.25) is 0 Å². The molecule has 0 saturated heterocycles. The minimum atomic E-state index is -0.525. The summed E-state index contributed by atoms with van der Waals surface area (Å²) >= 11 is 0. The Morgan fingerprint density at radius 3 is 2.73 bits per heavy atom. The van der Waals surface area contributed by atoms with Crippen LogP contribution < -0.4 is 10.1 Å². The maximum absolute atomic E-state index is 12.0. The summed E-state index contributed by atoms with van der Waals surface area (Å²) in [7, 11) is 0. The van der Waals surface area contributed by atoms with E-state index < -0.39 is 4.92 Å². The fourth-order valence-electron chi connectivity index (χ4n) is 1.96. The van der Waals surface area contributed by atoms with E-state index in [9.17, 15) is 14.9 Å². The molecule has 0 unspecified atom stereocenters. The van der Waals surface area contributed by atoms with Crippen LogP contribution in [0.15, 0.2) is 48.5 Å². The van der Waals surface area contributed by atoms with Gasteiger partial charge in [-0.25, -0.2) is 0 Å². The van der Waals surface area contributed by atoms with Crippen molar-refractivity contribution in [3.8, 4) is 5.75 Å². The van der Waals surface area contributed by atoms with E-state index in [4.69, 9.17) is 4.74 Å². The molecule has 0 bridgehead atoms. The van der Waals surface area contributed by atoms with Crippen LogP contribution in [0.2, 0.25) is 0 Å². The third-order valence-electron chi connectivity index (χ3n) is 2.98. The van der Waals surface area contributed by atoms with Gasteiger partial charge in [0, 0.05) is 24.2 Å². The van der Waals surface area contributed by atoms with Gasteiger partial charge in [0.25, 0.3) is 11.6 Å². The lowest BCUT2D eigenvalue weighted by molar-refractivity contribution is -0.384. The lowest BCUT2D eigenvalue weighted by Gasteiger charge is -2.08. The molecule has 0 fully saturated rings. The Morgan fingerprint density at radius 1 is 1.23 bits per heavy atom. The van der Waals surface area contributed by atoms with E-state index in [1.807, 2.05) is 31.2 Å². The standard InChI is InChI=1S/C16H16N2O4/c1-2-22-15-8-3-5-12(9-15)11-17-16(19)13-6-4-7-14(10-13)18(20)21/h3-10H,2,11H2,1H3,(H,17,19). The molecule has 0 atom stereocenters. The van der Waals surface area contributed by atoms with Crippen LogP contribution in [-0.4, -0.2) is 17.4 Å². The summed E-state index contributed by atoms with van der Waals surface area (Å²) in [5.74, 6) is 0.384. The van der Waals surface area contributed by atoms with E-state index in [1.54, 1.807) is 6.07 Å². The number of carbonyl (C=O) groups is 1. The van der Waals surface area contributed by atoms with Gasteiger partial charge in [-0.2, -0.15) is 0 Å². The molecule has 2 aromatic rings. The molecule has 2 rings (SSSR count). The highest BCUT2D eigenvalue weighted by Crippen LogP contribution is 2.15. The number of ether oxygens (including phenoxy) is 1. The van der Waals surface area contributed by atoms with E-state index in [0.29, 0.717) is 13.2 Å². The van der Waals surface area contributed by atoms with Crippen molar-refractivity contribution in [3.63, 3.8) is 0 Å². The Kier molecular flexibility index (Phi) is 5.08. The first-order valence-corrected chi connectivity index (χ1v) is 6.84. The third-order valence-corrected chi connectivity index (χ3v) is 2.98. The molecule has 0 saturated carbocycles. The number of non-ortho nitro benzene ring substituents is 1. The molecule has 0 aliphatic heterocycles. The number of nitrogens with zero attached hydrogens (tertiary/aromatic N) is 1. The van der Waals surface area contributed by atoms with Crippen LogP contribution >= 0.6 is 0 Å². The number of rotatable bonds is 6. The second-order valence-corrected chi connectivity index (χ2v) is 4.57. The molecule has 0 aliphatic carbocycles. The zero-order valence-corrected chi connectivity index (χ0v) is 12.1. The molecule has 0 aliphatic rings. The van der Waals surface area contributed by atoms with Crippen molar-refractivity contribution in [3.05, 3.63) is 69.8 Å². The Bertz CT molecular complexity index is 685. The number of nitrogens with one attached hydrogen (secondary N) is 1. The summed E-state index contributed by atoms with van der Waals surface area (Å²) in [5.41, 5.74) is 1.05. The van der Waals surface area contributed by atoms with Crippen LogP contribution in [0.4, 0.5) is 5.69 Å². The lowest BCUT2D eigenvalue weighted by atomic mass is 10.1. The number of amides is 1. The summed E-state index contributed by atoms with van der Waals surface area (Å²) in [6, 6.07) is 13.0. The van der Waals surface area contributed by atoms with Crippen molar-refractivity contribution in [2.75, 3.05) is 6.61 Å². The number of hydrogen-bond acceptors (Lipinski definition) is 4. The summed E-state index contributed by atoms with van der Waals surface area (Å²) in [5, 5.41) is 13.4. The molecular formula is C16H16N2O4. The van der Waals surface area contributed by atoms with Crippen LogP contribution in [0.25, 0.3) is 0 Å². The molecule has 6 nitrogen and oxygen atoms in total. The van der Waals surface area contributed by atoms with Crippen LogP contribution in [0, 0.1) is 10.1 Å². The number of nitro benzene ring substituents is 1. The highest BCUT2D eigenvalue weighted by Gasteiger charge is 2.11.